The van der Waals surface area contributed by atoms with Gasteiger partial charge in [0, 0.05) is 16.9 Å². The van der Waals surface area contributed by atoms with E-state index in [1.54, 1.807) is 16.2 Å². The molecule has 0 spiro atoms. The molecule has 2 heterocycles. The predicted molar refractivity (Wildman–Crippen MR) is 69.9 cm³/mol. The summed E-state index contributed by atoms with van der Waals surface area (Å²) in [5.74, 6) is -2.22. The van der Waals surface area contributed by atoms with E-state index >= 15 is 0 Å². The molecule has 2 aromatic rings. The minimum atomic E-state index is -1.03. The zero-order valence-electron chi connectivity index (χ0n) is 9.50. The van der Waals surface area contributed by atoms with E-state index < -0.39 is 11.9 Å². The number of carboxylic acids is 1. The van der Waals surface area contributed by atoms with Gasteiger partial charge in [0.25, 0.3) is 0 Å². The first-order chi connectivity index (χ1) is 8.66. The average molecular weight is 261 g/mol. The van der Waals surface area contributed by atoms with E-state index in [-0.39, 0.29) is 5.91 Å². The van der Waals surface area contributed by atoms with Gasteiger partial charge in [0.05, 0.1) is 0 Å². The smallest absolute Gasteiger partial charge is 0.316 e. The molecule has 1 aliphatic heterocycles. The highest BCUT2D eigenvalue weighted by molar-refractivity contribution is 7.17. The van der Waals surface area contributed by atoms with Crippen LogP contribution < -0.4 is 4.90 Å². The molecular weight excluding hydrogens is 250 g/mol. The third-order valence-electron chi connectivity index (χ3n) is 3.25. The highest BCUT2D eigenvalue weighted by Gasteiger charge is 2.37. The molecule has 18 heavy (non-hydrogen) atoms. The van der Waals surface area contributed by atoms with Gasteiger partial charge in [-0.3, -0.25) is 9.59 Å². The molecule has 0 saturated carbocycles. The van der Waals surface area contributed by atoms with Crippen molar-refractivity contribution in [1.82, 2.24) is 0 Å². The van der Waals surface area contributed by atoms with Crippen LogP contribution in [0.5, 0.6) is 0 Å². The number of hydrogen-bond acceptors (Lipinski definition) is 3. The van der Waals surface area contributed by atoms with Gasteiger partial charge in [-0.15, -0.1) is 11.3 Å². The minimum Gasteiger partial charge on any atom is -0.481 e. The lowest BCUT2D eigenvalue weighted by Gasteiger charge is -2.16. The maximum absolute atomic E-state index is 12.0. The van der Waals surface area contributed by atoms with Gasteiger partial charge in [-0.05, 0) is 41.5 Å². The monoisotopic (exact) mass is 261 g/mol. The summed E-state index contributed by atoms with van der Waals surface area (Å²) < 4.78 is 1.17. The molecule has 5 heteroatoms. The van der Waals surface area contributed by atoms with Crippen LogP contribution in [0.2, 0.25) is 0 Å². The molecule has 0 aliphatic carbocycles. The maximum atomic E-state index is 12.0. The van der Waals surface area contributed by atoms with Crippen molar-refractivity contribution in [3.05, 3.63) is 29.6 Å². The van der Waals surface area contributed by atoms with Gasteiger partial charge in [0.2, 0.25) is 5.91 Å². The van der Waals surface area contributed by atoms with Crippen molar-refractivity contribution in [2.45, 2.75) is 6.42 Å². The largest absolute Gasteiger partial charge is 0.481 e. The molecule has 1 unspecified atom stereocenters. The number of carbonyl (C=O) groups excluding carboxylic acids is 1. The summed E-state index contributed by atoms with van der Waals surface area (Å²) in [6.07, 6.45) is 0.385. The zero-order valence-corrected chi connectivity index (χ0v) is 10.3. The Hall–Kier alpha value is -1.88. The first kappa shape index (κ1) is 11.2. The summed E-state index contributed by atoms with van der Waals surface area (Å²) in [6.45, 7) is 0.478. The summed E-state index contributed by atoms with van der Waals surface area (Å²) in [7, 11) is 0. The van der Waals surface area contributed by atoms with E-state index in [1.165, 1.54) is 4.70 Å². The Kier molecular flexibility index (Phi) is 2.56. The molecule has 0 bridgehead atoms. The van der Waals surface area contributed by atoms with Crippen LogP contribution in [0.4, 0.5) is 5.69 Å². The highest BCUT2D eigenvalue weighted by Crippen LogP contribution is 2.30. The Labute approximate surface area is 107 Å². The quantitative estimate of drug-likeness (QED) is 0.844. The van der Waals surface area contributed by atoms with Gasteiger partial charge in [-0.25, -0.2) is 0 Å². The van der Waals surface area contributed by atoms with Crippen molar-refractivity contribution < 1.29 is 14.7 Å². The lowest BCUT2D eigenvalue weighted by molar-refractivity contribution is -0.144. The molecule has 1 amide bonds. The van der Waals surface area contributed by atoms with Crippen LogP contribution in [0.25, 0.3) is 10.1 Å². The SMILES string of the molecule is O=C(O)C1CCN(c2ccc3sccc3c2)C1=O. The Morgan fingerprint density at radius 3 is 2.94 bits per heavy atom. The van der Waals surface area contributed by atoms with Gasteiger partial charge >= 0.3 is 5.97 Å². The zero-order chi connectivity index (χ0) is 12.7. The molecule has 4 nitrogen and oxygen atoms in total. The minimum absolute atomic E-state index is 0.308. The van der Waals surface area contributed by atoms with E-state index in [4.69, 9.17) is 5.11 Å². The van der Waals surface area contributed by atoms with Crippen LogP contribution in [-0.2, 0) is 9.59 Å². The topological polar surface area (TPSA) is 57.6 Å². The second-order valence-corrected chi connectivity index (χ2v) is 5.26. The van der Waals surface area contributed by atoms with Crippen LogP contribution in [0.15, 0.2) is 29.6 Å². The van der Waals surface area contributed by atoms with Crippen molar-refractivity contribution in [2.75, 3.05) is 11.4 Å². The van der Waals surface area contributed by atoms with Crippen molar-refractivity contribution in [2.24, 2.45) is 5.92 Å². The first-order valence-corrected chi connectivity index (χ1v) is 6.56. The lowest BCUT2D eigenvalue weighted by atomic mass is 10.1. The van der Waals surface area contributed by atoms with Gasteiger partial charge in [0.15, 0.2) is 0 Å². The number of anilines is 1. The Balaban J connectivity index is 1.95. The lowest BCUT2D eigenvalue weighted by Crippen LogP contribution is -2.29. The van der Waals surface area contributed by atoms with Crippen LogP contribution in [0.1, 0.15) is 6.42 Å². The van der Waals surface area contributed by atoms with Crippen molar-refractivity contribution in [3.63, 3.8) is 0 Å². The number of rotatable bonds is 2. The average Bonchev–Trinajstić information content (AvgIpc) is 2.93. The first-order valence-electron chi connectivity index (χ1n) is 5.68. The van der Waals surface area contributed by atoms with E-state index in [9.17, 15) is 9.59 Å². The molecule has 1 fully saturated rings. The van der Waals surface area contributed by atoms with Gasteiger partial charge < -0.3 is 10.0 Å². The molecule has 1 aromatic heterocycles. The summed E-state index contributed by atoms with van der Waals surface area (Å²) in [6, 6.07) is 7.78. The molecular formula is C13H11NO3S. The number of fused-ring (bicyclic) bond motifs is 1. The fourth-order valence-electron chi connectivity index (χ4n) is 2.29. The summed E-state index contributed by atoms with van der Waals surface area (Å²) >= 11 is 1.65. The van der Waals surface area contributed by atoms with E-state index in [0.29, 0.717) is 13.0 Å². The molecule has 92 valence electrons. The maximum Gasteiger partial charge on any atom is 0.316 e. The van der Waals surface area contributed by atoms with Crippen LogP contribution in [0.3, 0.4) is 0 Å². The molecule has 1 aliphatic rings. The molecule has 1 saturated heterocycles. The summed E-state index contributed by atoms with van der Waals surface area (Å²) in [4.78, 5) is 24.4. The molecule has 1 atom stereocenters. The molecule has 3 rings (SSSR count). The summed E-state index contributed by atoms with van der Waals surface area (Å²) in [5.41, 5.74) is 0.787. The standard InChI is InChI=1S/C13H11NO3S/c15-12-10(13(16)17)3-5-14(12)9-1-2-11-8(7-9)4-6-18-11/h1-2,4,6-7,10H,3,5H2,(H,16,17). The number of aliphatic carboxylic acids is 1. The van der Waals surface area contributed by atoms with Gasteiger partial charge in [-0.1, -0.05) is 0 Å². The second-order valence-electron chi connectivity index (χ2n) is 4.31. The van der Waals surface area contributed by atoms with Crippen molar-refractivity contribution >= 4 is 39.0 Å². The predicted octanol–water partition coefficient (Wildman–Crippen LogP) is 2.34. The Morgan fingerprint density at radius 1 is 1.39 bits per heavy atom. The van der Waals surface area contributed by atoms with E-state index in [2.05, 4.69) is 0 Å². The van der Waals surface area contributed by atoms with Gasteiger partial charge in [-0.2, -0.15) is 0 Å². The Morgan fingerprint density at radius 2 is 2.22 bits per heavy atom. The molecule has 1 aromatic carbocycles. The normalized spacial score (nSPS) is 19.7. The fraction of sp³-hybridized carbons (Fsp3) is 0.231. The molecule has 1 N–H and O–H groups in total. The van der Waals surface area contributed by atoms with Gasteiger partial charge in [0.1, 0.15) is 5.92 Å². The number of carbonyl (C=O) groups is 2. The number of amides is 1. The third kappa shape index (κ3) is 1.67. The van der Waals surface area contributed by atoms with Crippen LogP contribution >= 0.6 is 11.3 Å². The fourth-order valence-corrected chi connectivity index (χ4v) is 3.06. The number of carboxylic acid groups (broad SMARTS) is 1. The highest BCUT2D eigenvalue weighted by atomic mass is 32.1. The van der Waals surface area contributed by atoms with Crippen LogP contribution in [0, 0.1) is 5.92 Å². The number of nitrogens with zero attached hydrogens (tertiary/aromatic N) is 1. The molecule has 0 radical (unpaired) electrons. The number of benzene rings is 1. The summed E-state index contributed by atoms with van der Waals surface area (Å²) in [5, 5.41) is 12.0. The van der Waals surface area contributed by atoms with Crippen molar-refractivity contribution in [1.29, 1.82) is 0 Å². The second kappa shape index (κ2) is 4.10. The van der Waals surface area contributed by atoms with E-state index in [0.717, 1.165) is 11.1 Å². The third-order valence-corrected chi connectivity index (χ3v) is 4.15. The Bertz CT molecular complexity index is 634. The van der Waals surface area contributed by atoms with Crippen LogP contribution in [-0.4, -0.2) is 23.5 Å². The number of thiophene rings is 1. The van der Waals surface area contributed by atoms with Crippen molar-refractivity contribution in [3.8, 4) is 0 Å². The van der Waals surface area contributed by atoms with E-state index in [1.807, 2.05) is 29.6 Å². The number of hydrogen-bond donors (Lipinski definition) is 1.